The summed E-state index contributed by atoms with van der Waals surface area (Å²) in [7, 11) is -4.32. The lowest BCUT2D eigenvalue weighted by Gasteiger charge is -2.39. The summed E-state index contributed by atoms with van der Waals surface area (Å²) in [6, 6.07) is 7.91. The monoisotopic (exact) mass is 473 g/mol. The molecule has 0 aliphatic carbocycles. The van der Waals surface area contributed by atoms with Gasteiger partial charge < -0.3 is 14.7 Å². The minimum atomic E-state index is -4.32. The number of carbonyl (C=O) groups is 1. The van der Waals surface area contributed by atoms with Crippen LogP contribution in [0.3, 0.4) is 0 Å². The van der Waals surface area contributed by atoms with E-state index in [-0.39, 0.29) is 40.1 Å². The van der Waals surface area contributed by atoms with E-state index in [4.69, 9.17) is 4.74 Å². The second-order valence-electron chi connectivity index (χ2n) is 8.22. The highest BCUT2D eigenvalue weighted by molar-refractivity contribution is 7.92. The van der Waals surface area contributed by atoms with Gasteiger partial charge in [-0.3, -0.25) is 4.72 Å². The second-order valence-corrected chi connectivity index (χ2v) is 9.87. The van der Waals surface area contributed by atoms with Gasteiger partial charge in [-0.05, 0) is 62.8 Å². The number of rotatable bonds is 1. The van der Waals surface area contributed by atoms with Crippen molar-refractivity contribution >= 4 is 27.4 Å². The fraction of sp³-hybridized carbons (Fsp3) is 0.391. The van der Waals surface area contributed by atoms with Crippen molar-refractivity contribution in [2.45, 2.75) is 49.5 Å². The number of nitrogens with zero attached hydrogens (tertiary/aromatic N) is 2. The van der Waals surface area contributed by atoms with Gasteiger partial charge in [-0.15, -0.1) is 0 Å². The van der Waals surface area contributed by atoms with Crippen LogP contribution in [-0.4, -0.2) is 38.7 Å². The van der Waals surface area contributed by atoms with Gasteiger partial charge in [0.15, 0.2) is 0 Å². The molecule has 4 rings (SSSR count). The normalized spacial score (nSPS) is 20.1. The quantitative estimate of drug-likeness (QED) is 0.639. The number of anilines is 2. The lowest BCUT2D eigenvalue weighted by atomic mass is 9.96. The molecule has 0 amide bonds. The number of halogens is 1. The predicted molar refractivity (Wildman–Crippen MR) is 120 cm³/mol. The molecule has 2 heterocycles. The molecule has 174 valence electrons. The van der Waals surface area contributed by atoms with Crippen LogP contribution in [0.1, 0.15) is 54.4 Å². The summed E-state index contributed by atoms with van der Waals surface area (Å²) in [6.45, 7) is 0.919. The zero-order valence-corrected chi connectivity index (χ0v) is 18.7. The Morgan fingerprint density at radius 1 is 1.18 bits per heavy atom. The van der Waals surface area contributed by atoms with Gasteiger partial charge in [0.1, 0.15) is 22.5 Å². The third-order valence-electron chi connectivity index (χ3n) is 6.06. The third kappa shape index (κ3) is 4.73. The Balaban J connectivity index is 1.88. The molecular weight excluding hydrogens is 449 g/mol. The molecular formula is C23H24FN3O5S. The summed E-state index contributed by atoms with van der Waals surface area (Å²) in [6.07, 6.45) is 5.17. The predicted octanol–water partition coefficient (Wildman–Crippen LogP) is 4.12. The first kappa shape index (κ1) is 22.9. The van der Waals surface area contributed by atoms with Gasteiger partial charge >= 0.3 is 5.97 Å². The van der Waals surface area contributed by atoms with E-state index < -0.39 is 21.8 Å². The number of carboxylic acid groups (broad SMARTS) is 1. The molecule has 1 saturated heterocycles. The average molecular weight is 474 g/mol. The van der Waals surface area contributed by atoms with E-state index in [0.717, 1.165) is 38.2 Å². The van der Waals surface area contributed by atoms with Crippen molar-refractivity contribution in [3.63, 3.8) is 0 Å². The van der Waals surface area contributed by atoms with E-state index in [9.17, 15) is 28.0 Å². The molecule has 2 aliphatic rings. The molecule has 0 bridgehead atoms. The van der Waals surface area contributed by atoms with Gasteiger partial charge in [0, 0.05) is 18.7 Å². The van der Waals surface area contributed by atoms with Crippen molar-refractivity contribution in [1.82, 2.24) is 0 Å². The molecule has 0 aromatic heterocycles. The highest BCUT2D eigenvalue weighted by Crippen LogP contribution is 2.37. The molecule has 0 saturated carbocycles. The summed E-state index contributed by atoms with van der Waals surface area (Å²) < 4.78 is 49.6. The van der Waals surface area contributed by atoms with Gasteiger partial charge in [-0.25, -0.2) is 17.6 Å². The SMILES string of the molecule is N#Cc1cc2c(cc1F)N1CCCCC1CCCCOc1ccc(C(=O)O)cc1S(=O)(=O)N2. The van der Waals surface area contributed by atoms with Crippen LogP contribution in [-0.2, 0) is 10.0 Å². The summed E-state index contributed by atoms with van der Waals surface area (Å²) in [5.74, 6) is -1.96. The molecule has 2 aromatic carbocycles. The average Bonchev–Trinajstić information content (AvgIpc) is 2.80. The minimum Gasteiger partial charge on any atom is -0.492 e. The maximum Gasteiger partial charge on any atom is 0.335 e. The highest BCUT2D eigenvalue weighted by Gasteiger charge is 2.29. The minimum absolute atomic E-state index is 0.0358. The Hall–Kier alpha value is -3.32. The number of carboxylic acids is 1. The van der Waals surface area contributed by atoms with Crippen molar-refractivity contribution in [1.29, 1.82) is 5.26 Å². The summed E-state index contributed by atoms with van der Waals surface area (Å²) in [5.41, 5.74) is -0.0491. The Bertz CT molecular complexity index is 1230. The van der Waals surface area contributed by atoms with Gasteiger partial charge in [0.25, 0.3) is 10.0 Å². The van der Waals surface area contributed by atoms with Crippen LogP contribution < -0.4 is 14.4 Å². The van der Waals surface area contributed by atoms with E-state index in [2.05, 4.69) is 4.72 Å². The maximum absolute atomic E-state index is 14.6. The standard InChI is InChI=1S/C23H24FN3O5S/c24-18-13-20-19(11-16(18)14-25)26-33(30,31)22-12-15(23(28)29)7-8-21(22)32-10-4-2-6-17-5-1-3-9-27(17)20/h7-8,11-13,17,26H,1-6,9-10H2,(H,28,29). The van der Waals surface area contributed by atoms with E-state index >= 15 is 0 Å². The van der Waals surface area contributed by atoms with Gasteiger partial charge in [-0.1, -0.05) is 0 Å². The maximum atomic E-state index is 14.6. The summed E-state index contributed by atoms with van der Waals surface area (Å²) >= 11 is 0. The van der Waals surface area contributed by atoms with E-state index in [1.807, 2.05) is 4.90 Å². The zero-order valence-electron chi connectivity index (χ0n) is 17.9. The van der Waals surface area contributed by atoms with E-state index in [1.165, 1.54) is 24.3 Å². The van der Waals surface area contributed by atoms with Gasteiger partial charge in [-0.2, -0.15) is 5.26 Å². The Kier molecular flexibility index (Phi) is 6.42. The third-order valence-corrected chi connectivity index (χ3v) is 7.44. The fourth-order valence-corrected chi connectivity index (χ4v) is 5.66. The second kappa shape index (κ2) is 9.27. The highest BCUT2D eigenvalue weighted by atomic mass is 32.2. The zero-order chi connectivity index (χ0) is 23.6. The van der Waals surface area contributed by atoms with E-state index in [0.29, 0.717) is 18.7 Å². The molecule has 8 nitrogen and oxygen atoms in total. The number of sulfonamides is 1. The van der Waals surface area contributed by atoms with Crippen molar-refractivity contribution in [3.8, 4) is 11.8 Å². The molecule has 1 unspecified atom stereocenters. The van der Waals surface area contributed by atoms with Crippen LogP contribution in [0.25, 0.3) is 0 Å². The number of nitrogens with one attached hydrogen (secondary N) is 1. The molecule has 2 aliphatic heterocycles. The Morgan fingerprint density at radius 2 is 1.94 bits per heavy atom. The number of benzene rings is 2. The lowest BCUT2D eigenvalue weighted by molar-refractivity contribution is 0.0696. The topological polar surface area (TPSA) is 120 Å². The molecule has 0 radical (unpaired) electrons. The molecule has 1 atom stereocenters. The van der Waals surface area contributed by atoms with Crippen molar-refractivity contribution in [2.24, 2.45) is 0 Å². The molecule has 2 N–H and O–H groups in total. The van der Waals surface area contributed by atoms with Crippen molar-refractivity contribution < 1.29 is 27.4 Å². The van der Waals surface area contributed by atoms with Crippen LogP contribution in [0.4, 0.5) is 15.8 Å². The smallest absolute Gasteiger partial charge is 0.335 e. The van der Waals surface area contributed by atoms with Crippen molar-refractivity contribution in [3.05, 3.63) is 47.3 Å². The summed E-state index contributed by atoms with van der Waals surface area (Å²) in [4.78, 5) is 13.1. The van der Waals surface area contributed by atoms with Crippen LogP contribution >= 0.6 is 0 Å². The molecule has 1 fully saturated rings. The molecule has 33 heavy (non-hydrogen) atoms. The number of fused-ring (bicyclic) bond motifs is 4. The number of ether oxygens (including phenoxy) is 1. The van der Waals surface area contributed by atoms with Crippen LogP contribution in [0.2, 0.25) is 0 Å². The Labute approximate surface area is 191 Å². The number of piperidine rings is 1. The number of hydrogen-bond acceptors (Lipinski definition) is 6. The van der Waals surface area contributed by atoms with Gasteiger partial charge in [0.2, 0.25) is 0 Å². The first-order valence-electron chi connectivity index (χ1n) is 10.8. The van der Waals surface area contributed by atoms with Crippen LogP contribution in [0.15, 0.2) is 35.2 Å². The number of nitriles is 1. The van der Waals surface area contributed by atoms with Crippen LogP contribution in [0.5, 0.6) is 5.75 Å². The van der Waals surface area contributed by atoms with Crippen molar-refractivity contribution in [2.75, 3.05) is 22.8 Å². The summed E-state index contributed by atoms with van der Waals surface area (Å²) in [5, 5.41) is 18.7. The first-order chi connectivity index (χ1) is 15.8. The van der Waals surface area contributed by atoms with E-state index in [1.54, 1.807) is 6.07 Å². The van der Waals surface area contributed by atoms with Gasteiger partial charge in [0.05, 0.1) is 29.1 Å². The lowest BCUT2D eigenvalue weighted by Crippen LogP contribution is -2.40. The molecule has 0 spiro atoms. The largest absolute Gasteiger partial charge is 0.492 e. The Morgan fingerprint density at radius 3 is 2.67 bits per heavy atom. The number of aromatic carboxylic acids is 1. The van der Waals surface area contributed by atoms with Crippen LogP contribution in [0, 0.1) is 17.1 Å². The first-order valence-corrected chi connectivity index (χ1v) is 12.3. The molecule has 10 heteroatoms. The number of hydrogen-bond donors (Lipinski definition) is 2. The molecule has 2 aromatic rings. The fourth-order valence-electron chi connectivity index (χ4n) is 4.42.